The van der Waals surface area contributed by atoms with Crippen molar-refractivity contribution in [1.82, 2.24) is 15.5 Å². The molecule has 1 heterocycles. The predicted molar refractivity (Wildman–Crippen MR) is 105 cm³/mol. The Bertz CT molecular complexity index is 641. The maximum atomic E-state index is 13.1. The fourth-order valence-electron chi connectivity index (χ4n) is 2.36. The zero-order valence-corrected chi connectivity index (χ0v) is 16.8. The third kappa shape index (κ3) is 7.31. The molecule has 0 aromatic heterocycles. The largest absolute Gasteiger partial charge is 0.355 e. The van der Waals surface area contributed by atoms with Gasteiger partial charge in [-0.25, -0.2) is 12.8 Å². The van der Waals surface area contributed by atoms with Crippen LogP contribution in [0.4, 0.5) is 4.39 Å². The summed E-state index contributed by atoms with van der Waals surface area (Å²) in [7, 11) is -1.16. The van der Waals surface area contributed by atoms with Crippen molar-refractivity contribution in [3.05, 3.63) is 35.6 Å². The average Bonchev–Trinajstić information content (AvgIpc) is 2.52. The van der Waals surface area contributed by atoms with Crippen LogP contribution in [0.15, 0.2) is 29.3 Å². The summed E-state index contributed by atoms with van der Waals surface area (Å²) in [6.45, 7) is 3.08. The smallest absolute Gasteiger partial charge is 0.191 e. The van der Waals surface area contributed by atoms with E-state index in [2.05, 4.69) is 20.5 Å². The van der Waals surface area contributed by atoms with Crippen LogP contribution in [0.5, 0.6) is 0 Å². The molecule has 1 saturated heterocycles. The molecule has 1 aliphatic heterocycles. The van der Waals surface area contributed by atoms with Crippen molar-refractivity contribution in [1.29, 1.82) is 0 Å². The molecule has 0 bridgehead atoms. The quantitative estimate of drug-likeness (QED) is 0.379. The summed E-state index contributed by atoms with van der Waals surface area (Å²) in [5.41, 5.74) is 0.842. The number of sulfone groups is 1. The molecule has 24 heavy (non-hydrogen) atoms. The molecule has 0 aliphatic carbocycles. The summed E-state index contributed by atoms with van der Waals surface area (Å²) in [5.74, 6) is 0.852. The van der Waals surface area contributed by atoms with Crippen LogP contribution < -0.4 is 10.6 Å². The van der Waals surface area contributed by atoms with Gasteiger partial charge in [0.15, 0.2) is 15.8 Å². The van der Waals surface area contributed by atoms with Gasteiger partial charge >= 0.3 is 0 Å². The van der Waals surface area contributed by atoms with Crippen LogP contribution in [0, 0.1) is 5.82 Å². The molecule has 0 spiro atoms. The molecule has 2 rings (SSSR count). The minimum Gasteiger partial charge on any atom is -0.355 e. The monoisotopic (exact) mass is 470 g/mol. The third-order valence-corrected chi connectivity index (χ3v) is 5.34. The van der Waals surface area contributed by atoms with Crippen molar-refractivity contribution in [2.24, 2.45) is 4.99 Å². The Labute approximate surface area is 159 Å². The molecule has 9 heteroatoms. The zero-order valence-electron chi connectivity index (χ0n) is 13.7. The number of hydrogen-bond donors (Lipinski definition) is 2. The highest BCUT2D eigenvalue weighted by molar-refractivity contribution is 14.0. The number of hydrogen-bond acceptors (Lipinski definition) is 4. The topological polar surface area (TPSA) is 73.8 Å². The molecule has 0 atom stereocenters. The number of rotatable bonds is 5. The van der Waals surface area contributed by atoms with Crippen molar-refractivity contribution in [3.8, 4) is 0 Å². The lowest BCUT2D eigenvalue weighted by Gasteiger charge is -2.26. The second kappa shape index (κ2) is 10.1. The van der Waals surface area contributed by atoms with Gasteiger partial charge in [-0.2, -0.15) is 0 Å². The summed E-state index contributed by atoms with van der Waals surface area (Å²) in [4.78, 5) is 6.24. The maximum absolute atomic E-state index is 13.1. The second-order valence-corrected chi connectivity index (χ2v) is 7.78. The van der Waals surface area contributed by atoms with Crippen molar-refractivity contribution < 1.29 is 12.8 Å². The van der Waals surface area contributed by atoms with Crippen LogP contribution in [0.3, 0.4) is 0 Å². The van der Waals surface area contributed by atoms with Crippen LogP contribution in [-0.4, -0.2) is 64.0 Å². The van der Waals surface area contributed by atoms with E-state index in [9.17, 15) is 12.8 Å². The first kappa shape index (κ1) is 21.1. The highest BCUT2D eigenvalue weighted by Crippen LogP contribution is 2.03. The van der Waals surface area contributed by atoms with Crippen molar-refractivity contribution in [2.45, 2.75) is 6.54 Å². The molecule has 0 amide bonds. The minimum absolute atomic E-state index is 0. The fourth-order valence-corrected chi connectivity index (χ4v) is 3.64. The normalized spacial score (nSPS) is 17.8. The van der Waals surface area contributed by atoms with E-state index in [1.807, 2.05) is 6.07 Å². The molecule has 0 radical (unpaired) electrons. The van der Waals surface area contributed by atoms with E-state index in [1.165, 1.54) is 12.1 Å². The van der Waals surface area contributed by atoms with Gasteiger partial charge in [-0.05, 0) is 17.7 Å². The van der Waals surface area contributed by atoms with E-state index in [-0.39, 0.29) is 41.3 Å². The zero-order chi connectivity index (χ0) is 16.7. The van der Waals surface area contributed by atoms with Crippen molar-refractivity contribution in [3.63, 3.8) is 0 Å². The van der Waals surface area contributed by atoms with Crippen LogP contribution >= 0.6 is 24.0 Å². The third-order valence-electron chi connectivity index (χ3n) is 3.73. The van der Waals surface area contributed by atoms with E-state index in [0.717, 1.165) is 12.1 Å². The summed E-state index contributed by atoms with van der Waals surface area (Å²) < 4.78 is 35.9. The average molecular weight is 470 g/mol. The molecule has 1 aliphatic rings. The van der Waals surface area contributed by atoms with E-state index >= 15 is 0 Å². The molecule has 2 N–H and O–H groups in total. The van der Waals surface area contributed by atoms with Gasteiger partial charge in [-0.1, -0.05) is 12.1 Å². The second-order valence-electron chi connectivity index (χ2n) is 5.48. The standard InChI is InChI=1S/C15H23FN4O2S.HI/c1-17-15(19-12-13-3-2-4-14(16)11-13)18-5-6-20-7-9-23(21,22)10-8-20;/h2-4,11H,5-10,12H2,1H3,(H2,17,18,19);1H. The number of halogens is 2. The summed E-state index contributed by atoms with van der Waals surface area (Å²) >= 11 is 0. The summed E-state index contributed by atoms with van der Waals surface area (Å²) in [5, 5.41) is 6.30. The van der Waals surface area contributed by atoms with Gasteiger partial charge in [0.05, 0.1) is 11.5 Å². The number of nitrogens with zero attached hydrogens (tertiary/aromatic N) is 2. The first-order valence-corrected chi connectivity index (χ1v) is 9.42. The lowest BCUT2D eigenvalue weighted by atomic mass is 10.2. The van der Waals surface area contributed by atoms with Gasteiger partial charge in [0, 0.05) is 39.8 Å². The lowest BCUT2D eigenvalue weighted by Crippen LogP contribution is -2.45. The van der Waals surface area contributed by atoms with Crippen LogP contribution in [0.1, 0.15) is 5.56 Å². The van der Waals surface area contributed by atoms with Crippen molar-refractivity contribution >= 4 is 39.8 Å². The van der Waals surface area contributed by atoms with Crippen LogP contribution in [0.2, 0.25) is 0 Å². The molecule has 6 nitrogen and oxygen atoms in total. The number of guanidine groups is 1. The van der Waals surface area contributed by atoms with Gasteiger partial charge in [0.1, 0.15) is 5.82 Å². The fraction of sp³-hybridized carbons (Fsp3) is 0.533. The van der Waals surface area contributed by atoms with Crippen molar-refractivity contribution in [2.75, 3.05) is 44.7 Å². The predicted octanol–water partition coefficient (Wildman–Crippen LogP) is 0.839. The Balaban J connectivity index is 0.00000288. The molecule has 0 saturated carbocycles. The van der Waals surface area contributed by atoms with Crippen LogP contribution in [0.25, 0.3) is 0 Å². The Hall–Kier alpha value is -0.940. The summed E-state index contributed by atoms with van der Waals surface area (Å²) in [6.07, 6.45) is 0. The van der Waals surface area contributed by atoms with E-state index < -0.39 is 9.84 Å². The molecule has 0 unspecified atom stereocenters. The molecule has 136 valence electrons. The number of nitrogens with one attached hydrogen (secondary N) is 2. The number of aliphatic imine (C=N–C) groups is 1. The molecule has 1 fully saturated rings. The van der Waals surface area contributed by atoms with Gasteiger partial charge in [-0.3, -0.25) is 9.89 Å². The van der Waals surface area contributed by atoms with E-state index in [1.54, 1.807) is 13.1 Å². The summed E-state index contributed by atoms with van der Waals surface area (Å²) in [6, 6.07) is 6.41. The number of benzene rings is 1. The van der Waals surface area contributed by atoms with E-state index in [0.29, 0.717) is 32.1 Å². The highest BCUT2D eigenvalue weighted by atomic mass is 127. The Morgan fingerprint density at radius 2 is 2.00 bits per heavy atom. The first-order chi connectivity index (χ1) is 11.0. The maximum Gasteiger partial charge on any atom is 0.191 e. The van der Waals surface area contributed by atoms with Crippen LogP contribution in [-0.2, 0) is 16.4 Å². The van der Waals surface area contributed by atoms with E-state index in [4.69, 9.17) is 0 Å². The van der Waals surface area contributed by atoms with Gasteiger partial charge in [0.2, 0.25) is 0 Å². The van der Waals surface area contributed by atoms with Gasteiger partial charge < -0.3 is 10.6 Å². The van der Waals surface area contributed by atoms with Gasteiger partial charge in [0.25, 0.3) is 0 Å². The molecular formula is C15H24FIN4O2S. The molecule has 1 aromatic carbocycles. The Kier molecular flexibility index (Phi) is 8.92. The van der Waals surface area contributed by atoms with Gasteiger partial charge in [-0.15, -0.1) is 24.0 Å². The highest BCUT2D eigenvalue weighted by Gasteiger charge is 2.20. The molecular weight excluding hydrogens is 446 g/mol. The first-order valence-electron chi connectivity index (χ1n) is 7.60. The SMILES string of the molecule is CN=C(NCCN1CCS(=O)(=O)CC1)NCc1cccc(F)c1.I. The molecule has 1 aromatic rings. The Morgan fingerprint density at radius 3 is 2.62 bits per heavy atom. The minimum atomic E-state index is -2.83. The lowest BCUT2D eigenvalue weighted by molar-refractivity contribution is 0.299. The Morgan fingerprint density at radius 1 is 1.29 bits per heavy atom.